The Labute approximate surface area is 270 Å². The Morgan fingerprint density at radius 1 is 0.477 bits per heavy atom. The van der Waals surface area contributed by atoms with E-state index in [0.717, 1.165) is 24.0 Å². The maximum Gasteiger partial charge on any atom is 0.122 e. The third-order valence-corrected chi connectivity index (χ3v) is 12.0. The molecule has 0 saturated heterocycles. The van der Waals surface area contributed by atoms with Crippen molar-refractivity contribution in [3.05, 3.63) is 57.6 Å². The molecule has 0 atom stereocenters. The molecular weight excluding hydrogens is 536 g/mol. The first kappa shape index (κ1) is 33.4. The molecule has 0 spiro atoms. The van der Waals surface area contributed by atoms with Gasteiger partial charge in [-0.1, -0.05) is 148 Å². The Morgan fingerprint density at radius 3 is 1.14 bits per heavy atom. The molecular formula is C42H64O2. The smallest absolute Gasteiger partial charge is 0.122 e. The lowest BCUT2D eigenvalue weighted by molar-refractivity contribution is 0.373. The van der Waals surface area contributed by atoms with Crippen molar-refractivity contribution in [2.45, 2.75) is 192 Å². The zero-order chi connectivity index (χ0) is 31.1. The van der Waals surface area contributed by atoms with Crippen LogP contribution in [0.2, 0.25) is 0 Å². The summed E-state index contributed by atoms with van der Waals surface area (Å²) in [6.45, 7) is 9.04. The van der Waals surface area contributed by atoms with E-state index in [9.17, 15) is 10.2 Å². The maximum absolute atomic E-state index is 11.8. The molecule has 244 valence electrons. The van der Waals surface area contributed by atoms with Crippen molar-refractivity contribution in [3.8, 4) is 11.5 Å². The number of rotatable bonds is 6. The van der Waals surface area contributed by atoms with Gasteiger partial charge in [-0.3, -0.25) is 0 Å². The van der Waals surface area contributed by atoms with Crippen molar-refractivity contribution in [1.29, 1.82) is 0 Å². The topological polar surface area (TPSA) is 40.5 Å². The zero-order valence-electron chi connectivity index (χ0n) is 28.9. The molecule has 0 bridgehead atoms. The second-order valence-electron chi connectivity index (χ2n) is 15.7. The van der Waals surface area contributed by atoms with Crippen molar-refractivity contribution in [2.24, 2.45) is 0 Å². The summed E-state index contributed by atoms with van der Waals surface area (Å²) in [5.74, 6) is 2.65. The minimum Gasteiger partial charge on any atom is -0.507 e. The number of benzene rings is 2. The maximum atomic E-state index is 11.8. The molecule has 0 unspecified atom stereocenters. The highest BCUT2D eigenvalue weighted by atomic mass is 16.3. The molecule has 0 radical (unpaired) electrons. The van der Waals surface area contributed by atoms with E-state index >= 15 is 0 Å². The average molecular weight is 601 g/mol. The molecule has 2 N–H and O–H groups in total. The van der Waals surface area contributed by atoms with Gasteiger partial charge in [-0.15, -0.1) is 0 Å². The quantitative estimate of drug-likeness (QED) is 0.346. The first-order valence-corrected chi connectivity index (χ1v) is 19.1. The van der Waals surface area contributed by atoms with Gasteiger partial charge in [0.25, 0.3) is 0 Å². The van der Waals surface area contributed by atoms with Gasteiger partial charge in [0.05, 0.1) is 0 Å². The van der Waals surface area contributed by atoms with Gasteiger partial charge < -0.3 is 10.2 Å². The molecule has 0 heterocycles. The van der Waals surface area contributed by atoms with Crippen molar-refractivity contribution >= 4 is 0 Å². The predicted molar refractivity (Wildman–Crippen MR) is 188 cm³/mol. The molecule has 0 amide bonds. The van der Waals surface area contributed by atoms with Crippen LogP contribution in [-0.4, -0.2) is 10.2 Å². The van der Waals surface area contributed by atoms with E-state index in [4.69, 9.17) is 0 Å². The summed E-state index contributed by atoms with van der Waals surface area (Å²) in [6.07, 6.45) is 26.8. The first-order valence-electron chi connectivity index (χ1n) is 19.1. The van der Waals surface area contributed by atoms with Crippen LogP contribution >= 0.6 is 0 Å². The van der Waals surface area contributed by atoms with E-state index in [0.29, 0.717) is 23.3 Å². The molecule has 3 aliphatic rings. The van der Waals surface area contributed by atoms with Crippen molar-refractivity contribution in [3.63, 3.8) is 0 Å². The van der Waals surface area contributed by atoms with E-state index < -0.39 is 0 Å². The van der Waals surface area contributed by atoms with Crippen LogP contribution in [0.15, 0.2) is 24.3 Å². The highest BCUT2D eigenvalue weighted by Gasteiger charge is 2.38. The van der Waals surface area contributed by atoms with Gasteiger partial charge in [0.1, 0.15) is 11.5 Å². The Morgan fingerprint density at radius 2 is 0.795 bits per heavy atom. The summed E-state index contributed by atoms with van der Waals surface area (Å²) in [5, 5.41) is 23.5. The fourth-order valence-corrected chi connectivity index (χ4v) is 9.20. The molecule has 2 aromatic rings. The standard InChI is InChI=1S/C42H64O2/c1-30(2)36-26-34(28-38(40(36)43)32-20-14-12-15-21-32)42(24-18-10-8-6-5-7-9-11-19-25-42)35-27-37(31(3)4)41(44)39(29-35)33-22-16-13-17-23-33/h26-33,43-44H,5-25H2,1-4H3. The third kappa shape index (κ3) is 7.53. The fraction of sp³-hybridized carbons (Fsp3) is 0.714. The van der Waals surface area contributed by atoms with Crippen molar-refractivity contribution < 1.29 is 10.2 Å². The molecule has 2 aromatic carbocycles. The summed E-state index contributed by atoms with van der Waals surface area (Å²) >= 11 is 0. The van der Waals surface area contributed by atoms with Gasteiger partial charge >= 0.3 is 0 Å². The van der Waals surface area contributed by atoms with Gasteiger partial charge in [-0.05, 0) is 95.6 Å². The summed E-state index contributed by atoms with van der Waals surface area (Å²) in [6, 6.07) is 9.84. The Hall–Kier alpha value is -1.96. The lowest BCUT2D eigenvalue weighted by Gasteiger charge is -2.39. The molecule has 2 nitrogen and oxygen atoms in total. The van der Waals surface area contributed by atoms with Crippen LogP contribution in [0.5, 0.6) is 11.5 Å². The number of phenols is 2. The molecule has 3 saturated carbocycles. The number of hydrogen-bond donors (Lipinski definition) is 2. The van der Waals surface area contributed by atoms with Gasteiger partial charge in [0.2, 0.25) is 0 Å². The lowest BCUT2D eigenvalue weighted by atomic mass is 9.65. The zero-order valence-corrected chi connectivity index (χ0v) is 28.9. The van der Waals surface area contributed by atoms with E-state index in [2.05, 4.69) is 52.0 Å². The molecule has 3 aliphatic carbocycles. The Balaban J connectivity index is 1.73. The van der Waals surface area contributed by atoms with Gasteiger partial charge in [0.15, 0.2) is 0 Å². The third-order valence-electron chi connectivity index (χ3n) is 12.0. The number of hydrogen-bond acceptors (Lipinski definition) is 2. The number of aromatic hydroxyl groups is 2. The first-order chi connectivity index (χ1) is 21.3. The van der Waals surface area contributed by atoms with Crippen molar-refractivity contribution in [1.82, 2.24) is 0 Å². The summed E-state index contributed by atoms with van der Waals surface area (Å²) in [5.41, 5.74) is 7.55. The molecule has 44 heavy (non-hydrogen) atoms. The highest BCUT2D eigenvalue weighted by Crippen LogP contribution is 2.51. The second kappa shape index (κ2) is 15.6. The van der Waals surface area contributed by atoms with Crippen LogP contribution in [0.4, 0.5) is 0 Å². The van der Waals surface area contributed by atoms with E-state index in [1.165, 1.54) is 144 Å². The van der Waals surface area contributed by atoms with Crippen LogP contribution < -0.4 is 0 Å². The van der Waals surface area contributed by atoms with Crippen LogP contribution in [-0.2, 0) is 5.41 Å². The second-order valence-corrected chi connectivity index (χ2v) is 15.7. The fourth-order valence-electron chi connectivity index (χ4n) is 9.20. The molecule has 0 aliphatic heterocycles. The molecule has 0 aromatic heterocycles. The van der Waals surface area contributed by atoms with Crippen LogP contribution in [0.3, 0.4) is 0 Å². The normalized spacial score (nSPS) is 21.7. The van der Waals surface area contributed by atoms with Crippen LogP contribution in [0.1, 0.15) is 220 Å². The predicted octanol–water partition coefficient (Wildman–Crippen LogP) is 13.0. The van der Waals surface area contributed by atoms with E-state index in [-0.39, 0.29) is 17.3 Å². The Bertz CT molecular complexity index is 1100. The van der Waals surface area contributed by atoms with Gasteiger partial charge in [-0.25, -0.2) is 0 Å². The molecule has 3 fully saturated rings. The number of phenolic OH excluding ortho intramolecular Hbond substituents is 2. The Kier molecular flexibility index (Phi) is 11.8. The van der Waals surface area contributed by atoms with Crippen LogP contribution in [0, 0.1) is 0 Å². The van der Waals surface area contributed by atoms with Crippen LogP contribution in [0.25, 0.3) is 0 Å². The van der Waals surface area contributed by atoms with Gasteiger partial charge in [-0.2, -0.15) is 0 Å². The molecule has 5 rings (SSSR count). The minimum absolute atomic E-state index is 0.0965. The lowest BCUT2D eigenvalue weighted by Crippen LogP contribution is -2.30. The summed E-state index contributed by atoms with van der Waals surface area (Å²) in [7, 11) is 0. The van der Waals surface area contributed by atoms with Crippen molar-refractivity contribution in [2.75, 3.05) is 0 Å². The largest absolute Gasteiger partial charge is 0.507 e. The van der Waals surface area contributed by atoms with E-state index in [1.54, 1.807) is 0 Å². The van der Waals surface area contributed by atoms with Gasteiger partial charge in [0, 0.05) is 5.41 Å². The van der Waals surface area contributed by atoms with E-state index in [1.807, 2.05) is 0 Å². The SMILES string of the molecule is CC(C)c1cc(C2(c3cc(C(C)C)c(O)c(C4CCCCC4)c3)CCCCCCCCCCC2)cc(C2CCCCC2)c1O. The minimum atomic E-state index is -0.0965. The average Bonchev–Trinajstić information content (AvgIpc) is 3.02. The summed E-state index contributed by atoms with van der Waals surface area (Å²) in [4.78, 5) is 0. The summed E-state index contributed by atoms with van der Waals surface area (Å²) < 4.78 is 0. The highest BCUT2D eigenvalue weighted by molar-refractivity contribution is 5.55. The monoisotopic (exact) mass is 600 g/mol. The molecule has 2 heteroatoms.